The van der Waals surface area contributed by atoms with E-state index in [0.29, 0.717) is 0 Å². The zero-order valence-corrected chi connectivity index (χ0v) is 8.14. The fourth-order valence-electron chi connectivity index (χ4n) is 1.25. The highest BCUT2D eigenvalue weighted by Crippen LogP contribution is 2.26. The molecule has 2 aromatic rings. The molecule has 0 aliphatic heterocycles. The Hall–Kier alpha value is -1.22. The summed E-state index contributed by atoms with van der Waals surface area (Å²) in [6, 6.07) is 8.24. The second-order valence-corrected chi connectivity index (χ2v) is 3.49. The van der Waals surface area contributed by atoms with Crippen molar-refractivity contribution in [3.63, 3.8) is 0 Å². The summed E-state index contributed by atoms with van der Waals surface area (Å²) in [6.45, 7) is 0. The van der Waals surface area contributed by atoms with Crippen LogP contribution in [0.1, 0.15) is 0 Å². The van der Waals surface area contributed by atoms with Crippen LogP contribution in [0.2, 0.25) is 0 Å². The van der Waals surface area contributed by atoms with Gasteiger partial charge >= 0.3 is 0 Å². The second kappa shape index (κ2) is 3.66. The van der Waals surface area contributed by atoms with E-state index >= 15 is 0 Å². The van der Waals surface area contributed by atoms with Crippen molar-refractivity contribution in [2.45, 2.75) is 4.90 Å². The van der Waals surface area contributed by atoms with Gasteiger partial charge in [0, 0.05) is 22.9 Å². The van der Waals surface area contributed by atoms with Crippen molar-refractivity contribution >= 4 is 11.8 Å². The van der Waals surface area contributed by atoms with Gasteiger partial charge in [0.1, 0.15) is 5.82 Å². The quantitative estimate of drug-likeness (QED) is 0.738. The minimum Gasteiger partial charge on any atom is -0.345 e. The van der Waals surface area contributed by atoms with Crippen molar-refractivity contribution in [3.05, 3.63) is 36.7 Å². The van der Waals surface area contributed by atoms with Gasteiger partial charge in [0.15, 0.2) is 0 Å². The lowest BCUT2D eigenvalue weighted by molar-refractivity contribution is 1.27. The summed E-state index contributed by atoms with van der Waals surface area (Å²) in [5.74, 6) is 0.935. The van der Waals surface area contributed by atoms with Crippen molar-refractivity contribution in [2.75, 3.05) is 6.26 Å². The van der Waals surface area contributed by atoms with Crippen LogP contribution >= 0.6 is 11.8 Å². The molecule has 3 heteroatoms. The molecule has 1 aromatic carbocycles. The van der Waals surface area contributed by atoms with E-state index in [1.165, 1.54) is 10.5 Å². The predicted octanol–water partition coefficient (Wildman–Crippen LogP) is 2.80. The molecule has 0 saturated carbocycles. The Morgan fingerprint density at radius 1 is 1.31 bits per heavy atom. The predicted molar refractivity (Wildman–Crippen MR) is 55.8 cm³/mol. The first-order valence-corrected chi connectivity index (χ1v) is 5.27. The maximum atomic E-state index is 4.23. The number of hydrogen-bond donors (Lipinski definition) is 1. The van der Waals surface area contributed by atoms with Gasteiger partial charge in [-0.3, -0.25) is 0 Å². The highest BCUT2D eigenvalue weighted by molar-refractivity contribution is 7.98. The van der Waals surface area contributed by atoms with Crippen LogP contribution in [0, 0.1) is 0 Å². The van der Waals surface area contributed by atoms with Gasteiger partial charge in [-0.1, -0.05) is 18.2 Å². The van der Waals surface area contributed by atoms with Gasteiger partial charge in [-0.2, -0.15) is 0 Å². The Balaban J connectivity index is 2.51. The lowest BCUT2D eigenvalue weighted by atomic mass is 10.2. The van der Waals surface area contributed by atoms with Crippen molar-refractivity contribution in [3.8, 4) is 11.4 Å². The van der Waals surface area contributed by atoms with E-state index in [1.54, 1.807) is 18.0 Å². The van der Waals surface area contributed by atoms with Crippen molar-refractivity contribution in [1.82, 2.24) is 9.97 Å². The minimum atomic E-state index is 0.935. The van der Waals surface area contributed by atoms with Crippen LogP contribution in [0.4, 0.5) is 0 Å². The summed E-state index contributed by atoms with van der Waals surface area (Å²) in [4.78, 5) is 8.58. The molecule has 0 bridgehead atoms. The summed E-state index contributed by atoms with van der Waals surface area (Å²) >= 11 is 1.73. The molecule has 0 unspecified atom stereocenters. The number of aromatic amines is 1. The molecule has 2 rings (SSSR count). The average molecular weight is 190 g/mol. The molecule has 2 nitrogen and oxygen atoms in total. The van der Waals surface area contributed by atoms with Gasteiger partial charge in [-0.05, 0) is 12.3 Å². The van der Waals surface area contributed by atoms with Crippen molar-refractivity contribution in [1.29, 1.82) is 0 Å². The third-order valence-corrected chi connectivity index (χ3v) is 2.66. The van der Waals surface area contributed by atoms with Crippen LogP contribution in [0.3, 0.4) is 0 Å². The molecule has 1 heterocycles. The van der Waals surface area contributed by atoms with Crippen LogP contribution in [-0.2, 0) is 0 Å². The topological polar surface area (TPSA) is 28.7 Å². The normalized spacial score (nSPS) is 10.2. The molecule has 0 amide bonds. The van der Waals surface area contributed by atoms with Crippen LogP contribution in [0.15, 0.2) is 41.6 Å². The van der Waals surface area contributed by atoms with Gasteiger partial charge in [-0.25, -0.2) is 4.98 Å². The second-order valence-electron chi connectivity index (χ2n) is 2.64. The van der Waals surface area contributed by atoms with Crippen LogP contribution < -0.4 is 0 Å². The van der Waals surface area contributed by atoms with E-state index in [1.807, 2.05) is 18.3 Å². The molecular weight excluding hydrogens is 180 g/mol. The first kappa shape index (κ1) is 8.38. The number of nitrogens with one attached hydrogen (secondary N) is 1. The van der Waals surface area contributed by atoms with Crippen molar-refractivity contribution < 1.29 is 0 Å². The lowest BCUT2D eigenvalue weighted by Gasteiger charge is -2.02. The Morgan fingerprint density at radius 3 is 2.85 bits per heavy atom. The Bertz CT molecular complexity index is 382. The Labute approximate surface area is 81.4 Å². The summed E-state index contributed by atoms with van der Waals surface area (Å²) in [7, 11) is 0. The number of rotatable bonds is 2. The van der Waals surface area contributed by atoms with Crippen molar-refractivity contribution in [2.24, 2.45) is 0 Å². The number of thioether (sulfide) groups is 1. The standard InChI is InChI=1S/C10H10N2S/c1-13-9-5-3-2-4-8(9)10-11-6-7-12-10/h2-7H,1H3,(H,11,12). The van der Waals surface area contributed by atoms with Gasteiger partial charge in [0.25, 0.3) is 0 Å². The van der Waals surface area contributed by atoms with Gasteiger partial charge in [0.2, 0.25) is 0 Å². The van der Waals surface area contributed by atoms with Gasteiger partial charge in [0.05, 0.1) is 0 Å². The molecule has 1 aromatic heterocycles. The SMILES string of the molecule is CSc1ccccc1-c1ncc[nH]1. The summed E-state index contributed by atoms with van der Waals surface area (Å²) < 4.78 is 0. The Kier molecular flexibility index (Phi) is 2.36. The number of hydrogen-bond acceptors (Lipinski definition) is 2. The molecule has 0 spiro atoms. The third-order valence-electron chi connectivity index (χ3n) is 1.86. The zero-order valence-electron chi connectivity index (χ0n) is 7.32. The average Bonchev–Trinajstić information content (AvgIpc) is 2.70. The fourth-order valence-corrected chi connectivity index (χ4v) is 1.85. The summed E-state index contributed by atoms with van der Waals surface area (Å²) in [5, 5.41) is 0. The van der Waals surface area contributed by atoms with E-state index in [4.69, 9.17) is 0 Å². The molecule has 13 heavy (non-hydrogen) atoms. The summed E-state index contributed by atoms with van der Waals surface area (Å²) in [6.07, 6.45) is 5.68. The lowest BCUT2D eigenvalue weighted by Crippen LogP contribution is -1.82. The number of nitrogens with zero attached hydrogens (tertiary/aromatic N) is 1. The molecule has 66 valence electrons. The van der Waals surface area contributed by atoms with E-state index in [-0.39, 0.29) is 0 Å². The minimum absolute atomic E-state index is 0.935. The molecule has 0 fully saturated rings. The third kappa shape index (κ3) is 1.60. The molecule has 1 N–H and O–H groups in total. The smallest absolute Gasteiger partial charge is 0.138 e. The number of imidazole rings is 1. The highest BCUT2D eigenvalue weighted by Gasteiger charge is 2.03. The molecule has 0 atom stereocenters. The zero-order chi connectivity index (χ0) is 9.10. The van der Waals surface area contributed by atoms with E-state index in [2.05, 4.69) is 28.4 Å². The van der Waals surface area contributed by atoms with Gasteiger partial charge < -0.3 is 4.98 Å². The monoisotopic (exact) mass is 190 g/mol. The van der Waals surface area contributed by atoms with E-state index in [9.17, 15) is 0 Å². The number of aromatic nitrogens is 2. The molecule has 0 aliphatic rings. The number of benzene rings is 1. The van der Waals surface area contributed by atoms with Gasteiger partial charge in [-0.15, -0.1) is 11.8 Å². The first-order valence-electron chi connectivity index (χ1n) is 4.04. The number of H-pyrrole nitrogens is 1. The summed E-state index contributed by atoms with van der Waals surface area (Å²) in [5.41, 5.74) is 1.17. The van der Waals surface area contributed by atoms with Crippen LogP contribution in [0.25, 0.3) is 11.4 Å². The fraction of sp³-hybridized carbons (Fsp3) is 0.100. The maximum Gasteiger partial charge on any atom is 0.138 e. The largest absolute Gasteiger partial charge is 0.345 e. The van der Waals surface area contributed by atoms with E-state index in [0.717, 1.165) is 5.82 Å². The molecule has 0 radical (unpaired) electrons. The van der Waals surface area contributed by atoms with Crippen LogP contribution in [-0.4, -0.2) is 16.2 Å². The van der Waals surface area contributed by atoms with Crippen LogP contribution in [0.5, 0.6) is 0 Å². The first-order chi connectivity index (χ1) is 6.42. The van der Waals surface area contributed by atoms with E-state index < -0.39 is 0 Å². The molecule has 0 saturated heterocycles. The maximum absolute atomic E-state index is 4.23. The Morgan fingerprint density at radius 2 is 2.15 bits per heavy atom. The highest BCUT2D eigenvalue weighted by atomic mass is 32.2. The molecule has 0 aliphatic carbocycles. The molecular formula is C10H10N2S.